The molecule has 3 N–H and O–H groups in total. The zero-order valence-electron chi connectivity index (χ0n) is 23.5. The van der Waals surface area contributed by atoms with E-state index in [4.69, 9.17) is 21.7 Å². The molecule has 0 saturated carbocycles. The lowest BCUT2D eigenvalue weighted by Gasteiger charge is -2.32. The molecule has 8 nitrogen and oxygen atoms in total. The zero-order valence-corrected chi connectivity index (χ0v) is 25.1. The number of ether oxygens (including phenoxy) is 1. The fourth-order valence-corrected chi connectivity index (χ4v) is 7.03. The number of rotatable bonds is 9. The van der Waals surface area contributed by atoms with Crippen molar-refractivity contribution in [1.29, 1.82) is 5.41 Å². The number of aliphatic carboxylic acids is 1. The van der Waals surface area contributed by atoms with Crippen LogP contribution in [-0.2, 0) is 11.2 Å². The zero-order chi connectivity index (χ0) is 30.9. The molecular formula is C30H31ClF3N5O3S. The largest absolute Gasteiger partial charge is 0.480 e. The van der Waals surface area contributed by atoms with Gasteiger partial charge in [-0.3, -0.25) is 9.69 Å². The van der Waals surface area contributed by atoms with Gasteiger partial charge in [0.2, 0.25) is 5.88 Å². The molecule has 1 aliphatic heterocycles. The number of carboxylic acids is 1. The Morgan fingerprint density at radius 3 is 2.84 bits per heavy atom. The summed E-state index contributed by atoms with van der Waals surface area (Å²) in [7, 11) is 1.84. The van der Waals surface area contributed by atoms with Gasteiger partial charge in [0.25, 0.3) is 0 Å². The van der Waals surface area contributed by atoms with Crippen molar-refractivity contribution >= 4 is 56.1 Å². The quantitative estimate of drug-likeness (QED) is 0.214. The van der Waals surface area contributed by atoms with Crippen LogP contribution in [-0.4, -0.2) is 63.6 Å². The summed E-state index contributed by atoms with van der Waals surface area (Å²) in [6.07, 6.45) is 1.76. The van der Waals surface area contributed by atoms with E-state index in [1.807, 2.05) is 17.3 Å². The van der Waals surface area contributed by atoms with Crippen LogP contribution in [0.15, 0.2) is 48.3 Å². The molecule has 2 unspecified atom stereocenters. The summed E-state index contributed by atoms with van der Waals surface area (Å²) in [5.41, 5.74) is 3.30. The van der Waals surface area contributed by atoms with Crippen LogP contribution >= 0.6 is 22.9 Å². The Morgan fingerprint density at radius 1 is 1.40 bits per heavy atom. The highest BCUT2D eigenvalue weighted by Crippen LogP contribution is 2.48. The molecule has 5 rings (SSSR count). The average molecular weight is 634 g/mol. The molecule has 13 heteroatoms. The summed E-state index contributed by atoms with van der Waals surface area (Å²) in [6.45, 7) is 2.29. The lowest BCUT2D eigenvalue weighted by Crippen LogP contribution is -2.36. The minimum absolute atomic E-state index is 0.0974. The van der Waals surface area contributed by atoms with Crippen LogP contribution in [0.1, 0.15) is 43.7 Å². The van der Waals surface area contributed by atoms with E-state index in [0.717, 1.165) is 30.4 Å². The highest BCUT2D eigenvalue weighted by molar-refractivity contribution is 7.17. The van der Waals surface area contributed by atoms with Crippen molar-refractivity contribution in [3.8, 4) is 5.88 Å². The molecule has 228 valence electrons. The third-order valence-electron chi connectivity index (χ3n) is 8.07. The van der Waals surface area contributed by atoms with Crippen molar-refractivity contribution in [2.45, 2.75) is 57.3 Å². The summed E-state index contributed by atoms with van der Waals surface area (Å²) >= 11 is 7.34. The lowest BCUT2D eigenvalue weighted by atomic mass is 9.72. The van der Waals surface area contributed by atoms with Gasteiger partial charge in [-0.15, -0.1) is 11.3 Å². The molecule has 0 bridgehead atoms. The first-order valence-corrected chi connectivity index (χ1v) is 15.0. The van der Waals surface area contributed by atoms with Crippen molar-refractivity contribution < 1.29 is 27.8 Å². The van der Waals surface area contributed by atoms with Gasteiger partial charge in [0, 0.05) is 46.5 Å². The van der Waals surface area contributed by atoms with Crippen LogP contribution in [0.3, 0.4) is 0 Å². The number of thiophene rings is 1. The number of nitrogens with one attached hydrogen (secondary N) is 2. The third-order valence-corrected chi connectivity index (χ3v) is 9.26. The van der Waals surface area contributed by atoms with Gasteiger partial charge in [-0.2, -0.15) is 13.2 Å². The van der Waals surface area contributed by atoms with Crippen molar-refractivity contribution in [3.63, 3.8) is 0 Å². The second-order valence-corrected chi connectivity index (χ2v) is 12.5. The molecule has 43 heavy (non-hydrogen) atoms. The number of nitrogens with zero attached hydrogens (tertiary/aromatic N) is 3. The maximum atomic E-state index is 14.3. The second-order valence-electron chi connectivity index (χ2n) is 11.2. The van der Waals surface area contributed by atoms with Crippen LogP contribution < -0.4 is 10.1 Å². The first-order valence-electron chi connectivity index (χ1n) is 13.7. The Hall–Kier alpha value is -3.48. The number of fused-ring (bicyclic) bond motifs is 1. The summed E-state index contributed by atoms with van der Waals surface area (Å²) in [5.74, 6) is -0.946. The highest BCUT2D eigenvalue weighted by atomic mass is 35.5. The van der Waals surface area contributed by atoms with Crippen LogP contribution in [0, 0.1) is 10.8 Å². The molecule has 0 amide bonds. The Kier molecular flexibility index (Phi) is 8.82. The summed E-state index contributed by atoms with van der Waals surface area (Å²) in [6, 6.07) is 4.06. The van der Waals surface area contributed by atoms with Gasteiger partial charge < -0.3 is 20.6 Å². The number of anilines is 1. The first-order chi connectivity index (χ1) is 20.3. The van der Waals surface area contributed by atoms with Gasteiger partial charge in [0.1, 0.15) is 17.1 Å². The number of likely N-dealkylation sites (tertiary alicyclic amines) is 1. The molecule has 1 aromatic carbocycles. The number of carboxylic acid groups (broad SMARTS) is 1. The molecule has 2 aromatic heterocycles. The van der Waals surface area contributed by atoms with Crippen molar-refractivity contribution in [3.05, 3.63) is 64.4 Å². The van der Waals surface area contributed by atoms with Gasteiger partial charge in [0.15, 0.2) is 6.10 Å². The minimum atomic E-state index is -4.70. The minimum Gasteiger partial charge on any atom is -0.480 e. The molecule has 1 aliphatic carbocycles. The van der Waals surface area contributed by atoms with Gasteiger partial charge in [-0.25, -0.2) is 9.97 Å². The fourth-order valence-electron chi connectivity index (χ4n) is 5.88. The molecule has 1 fully saturated rings. The van der Waals surface area contributed by atoms with Gasteiger partial charge in [-0.05, 0) is 74.4 Å². The van der Waals surface area contributed by atoms with Crippen molar-refractivity contribution in [1.82, 2.24) is 14.9 Å². The molecule has 0 radical (unpaired) electrons. The predicted molar refractivity (Wildman–Crippen MR) is 162 cm³/mol. The Balaban J connectivity index is 1.38. The Bertz CT molecular complexity index is 1610. The van der Waals surface area contributed by atoms with E-state index in [1.54, 1.807) is 6.92 Å². The monoisotopic (exact) mass is 633 g/mol. The number of carbonyl (C=O) groups is 1. The Morgan fingerprint density at radius 2 is 2.19 bits per heavy atom. The van der Waals surface area contributed by atoms with E-state index >= 15 is 0 Å². The Labute approximate surface area is 255 Å². The van der Waals surface area contributed by atoms with E-state index in [2.05, 4.69) is 21.4 Å². The van der Waals surface area contributed by atoms with Crippen molar-refractivity contribution in [2.75, 3.05) is 18.9 Å². The maximum Gasteiger partial charge on any atom is 0.425 e. The van der Waals surface area contributed by atoms with Gasteiger partial charge in [-0.1, -0.05) is 23.7 Å². The van der Waals surface area contributed by atoms with Crippen LogP contribution in [0.2, 0.25) is 5.02 Å². The number of benzene rings is 1. The second kappa shape index (κ2) is 12.3. The van der Waals surface area contributed by atoms with E-state index in [9.17, 15) is 23.1 Å². The summed E-state index contributed by atoms with van der Waals surface area (Å²) in [4.78, 5) is 22.0. The number of allylic oxidation sites excluding steroid dienone is 3. The van der Waals surface area contributed by atoms with E-state index in [-0.39, 0.29) is 17.0 Å². The predicted octanol–water partition coefficient (Wildman–Crippen LogP) is 7.20. The third kappa shape index (κ3) is 6.86. The maximum absolute atomic E-state index is 14.3. The number of hydrogen-bond donors (Lipinski definition) is 3. The molecule has 1 saturated heterocycles. The van der Waals surface area contributed by atoms with Crippen molar-refractivity contribution in [2.24, 2.45) is 5.41 Å². The van der Waals surface area contributed by atoms with Crippen LogP contribution in [0.25, 0.3) is 15.8 Å². The van der Waals surface area contributed by atoms with E-state index in [0.29, 0.717) is 39.5 Å². The molecule has 3 atom stereocenters. The lowest BCUT2D eigenvalue weighted by molar-refractivity contribution is -0.194. The average Bonchev–Trinajstić information content (AvgIpc) is 3.51. The SMILES string of the molecule is CC(=N)/C=C\Nc1cc(Cl)ccc1C[C@@H](Oc1ncnc2c(C3=CCC4(CC3)CC(C(=O)O)N(C)C4)csc12)C(F)(F)F. The smallest absolute Gasteiger partial charge is 0.425 e. The van der Waals surface area contributed by atoms with Crippen LogP contribution in [0.4, 0.5) is 18.9 Å². The number of halogens is 4. The molecule has 1 spiro atoms. The fraction of sp³-hybridized carbons (Fsp3) is 0.400. The van der Waals surface area contributed by atoms with Gasteiger partial charge in [0.05, 0.1) is 5.52 Å². The topological polar surface area (TPSA) is 111 Å². The molecular weight excluding hydrogens is 603 g/mol. The molecule has 3 aromatic rings. The highest BCUT2D eigenvalue weighted by Gasteiger charge is 2.46. The number of alkyl halides is 3. The van der Waals surface area contributed by atoms with Crippen LogP contribution in [0.5, 0.6) is 5.88 Å². The standard InChI is InChI=1S/C30H31ClF3N5O3S/c1-17(35)7-10-36-22-12-20(31)4-3-19(22)11-24(30(32,33)34)42-27-26-25(37-16-38-27)21(14-43-26)18-5-8-29(9-6-18)13-23(28(40)41)39(2)15-29/h3-5,7,10,12,14,16,23-24,35-36H,6,8-9,11,13,15H2,1-2H3,(H,40,41)/b10-7-,35-17?/t23?,24-,29?/m1/s1. The first kappa shape index (κ1) is 31.0. The molecule has 3 heterocycles. The number of likely N-dealkylation sites (N-methyl/N-ethyl adjacent to an activating group) is 1. The van der Waals surface area contributed by atoms with E-state index < -0.39 is 30.7 Å². The molecule has 2 aliphatic rings. The number of hydrogen-bond acceptors (Lipinski definition) is 8. The summed E-state index contributed by atoms with van der Waals surface area (Å²) < 4.78 is 48.9. The number of aromatic nitrogens is 2. The van der Waals surface area contributed by atoms with Gasteiger partial charge >= 0.3 is 12.1 Å². The summed E-state index contributed by atoms with van der Waals surface area (Å²) in [5, 5.41) is 22.2. The van der Waals surface area contributed by atoms with E-state index in [1.165, 1.54) is 48.1 Å². The normalized spacial score (nSPS) is 21.8.